The van der Waals surface area contributed by atoms with Gasteiger partial charge < -0.3 is 10.0 Å². The van der Waals surface area contributed by atoms with Crippen LogP contribution in [0.4, 0.5) is 0 Å². The van der Waals surface area contributed by atoms with E-state index in [-0.39, 0.29) is 10.6 Å². The fraction of sp³-hybridized carbons (Fsp3) is 0.636. The van der Waals surface area contributed by atoms with Gasteiger partial charge in [-0.2, -0.15) is 9.40 Å². The van der Waals surface area contributed by atoms with E-state index in [1.807, 2.05) is 11.9 Å². The number of carboxylic acid groups (broad SMARTS) is 1. The minimum atomic E-state index is -3.86. The van der Waals surface area contributed by atoms with Crippen molar-refractivity contribution in [3.05, 3.63) is 11.8 Å². The first-order chi connectivity index (χ1) is 9.36. The van der Waals surface area contributed by atoms with E-state index in [2.05, 4.69) is 5.10 Å². The Kier molecular flexibility index (Phi) is 4.11. The topological polar surface area (TPSA) is 95.7 Å². The number of nitrogens with zero attached hydrogens (tertiary/aromatic N) is 4. The normalized spacial score (nSPS) is 18.3. The summed E-state index contributed by atoms with van der Waals surface area (Å²) < 4.78 is 27.7. The summed E-state index contributed by atoms with van der Waals surface area (Å²) in [5.74, 6) is -1.28. The number of carbonyl (C=O) groups is 1. The van der Waals surface area contributed by atoms with Crippen molar-refractivity contribution in [2.24, 2.45) is 0 Å². The summed E-state index contributed by atoms with van der Waals surface area (Å²) in [6.45, 7) is 4.11. The number of carboxylic acids is 1. The molecule has 1 N–H and O–H groups in total. The molecule has 1 aliphatic rings. The summed E-state index contributed by atoms with van der Waals surface area (Å²) in [6, 6.07) is 0. The van der Waals surface area contributed by atoms with Gasteiger partial charge >= 0.3 is 5.97 Å². The molecule has 1 fully saturated rings. The van der Waals surface area contributed by atoms with Gasteiger partial charge in [-0.1, -0.05) is 0 Å². The van der Waals surface area contributed by atoms with Crippen LogP contribution in [0.5, 0.6) is 0 Å². The van der Waals surface area contributed by atoms with Crippen LogP contribution < -0.4 is 0 Å². The molecule has 0 spiro atoms. The van der Waals surface area contributed by atoms with Gasteiger partial charge in [0.15, 0.2) is 0 Å². The molecule has 0 bridgehead atoms. The minimum Gasteiger partial charge on any atom is -0.478 e. The molecule has 1 saturated heterocycles. The fourth-order valence-electron chi connectivity index (χ4n) is 2.05. The van der Waals surface area contributed by atoms with Gasteiger partial charge in [-0.15, -0.1) is 0 Å². The Hall–Kier alpha value is -1.45. The lowest BCUT2D eigenvalue weighted by molar-refractivity contribution is 0.0692. The second-order valence-electron chi connectivity index (χ2n) is 4.72. The number of aryl methyl sites for hydroxylation is 1. The Balaban J connectivity index is 2.38. The SMILES string of the molecule is CCn1cc(C(=O)O)c(S(=O)(=O)N2CCN(C)CC2)n1. The van der Waals surface area contributed by atoms with Gasteiger partial charge in [0.1, 0.15) is 5.56 Å². The van der Waals surface area contributed by atoms with Gasteiger partial charge in [0, 0.05) is 38.9 Å². The van der Waals surface area contributed by atoms with E-state index in [4.69, 9.17) is 5.11 Å². The highest BCUT2D eigenvalue weighted by Gasteiger charge is 2.34. The van der Waals surface area contributed by atoms with Crippen LogP contribution in [-0.2, 0) is 16.6 Å². The summed E-state index contributed by atoms with van der Waals surface area (Å²) in [4.78, 5) is 13.2. The maximum Gasteiger partial charge on any atom is 0.340 e. The van der Waals surface area contributed by atoms with Crippen molar-refractivity contribution in [2.45, 2.75) is 18.5 Å². The standard InChI is InChI=1S/C11H18N4O4S/c1-3-14-8-9(11(16)17)10(12-14)20(18,19)15-6-4-13(2)5-7-15/h8H,3-7H2,1-2H3,(H,16,17). The van der Waals surface area contributed by atoms with Crippen LogP contribution in [0.2, 0.25) is 0 Å². The molecule has 9 heteroatoms. The number of rotatable bonds is 4. The molecular weight excluding hydrogens is 284 g/mol. The van der Waals surface area contributed by atoms with Crippen molar-refractivity contribution in [3.63, 3.8) is 0 Å². The van der Waals surface area contributed by atoms with Gasteiger partial charge in [-0.05, 0) is 14.0 Å². The number of likely N-dealkylation sites (N-methyl/N-ethyl adjacent to an activating group) is 1. The van der Waals surface area contributed by atoms with E-state index in [1.165, 1.54) is 15.2 Å². The quantitative estimate of drug-likeness (QED) is 0.808. The Morgan fingerprint density at radius 3 is 2.45 bits per heavy atom. The van der Waals surface area contributed by atoms with Gasteiger partial charge in [-0.3, -0.25) is 4.68 Å². The van der Waals surface area contributed by atoms with Crippen LogP contribution in [-0.4, -0.2) is 71.7 Å². The summed E-state index contributed by atoms with van der Waals surface area (Å²) in [5, 5.41) is 12.7. The predicted octanol–water partition coefficient (Wildman–Crippen LogP) is -0.463. The average Bonchev–Trinajstić information content (AvgIpc) is 2.84. The summed E-state index contributed by atoms with van der Waals surface area (Å²) >= 11 is 0. The van der Waals surface area contributed by atoms with Gasteiger partial charge in [0.2, 0.25) is 5.03 Å². The maximum absolute atomic E-state index is 12.5. The van der Waals surface area contributed by atoms with Crippen molar-refractivity contribution >= 4 is 16.0 Å². The molecule has 1 aromatic rings. The first kappa shape index (κ1) is 14.9. The number of aromatic nitrogens is 2. The van der Waals surface area contributed by atoms with Crippen LogP contribution in [0.1, 0.15) is 17.3 Å². The van der Waals surface area contributed by atoms with E-state index in [1.54, 1.807) is 6.92 Å². The largest absolute Gasteiger partial charge is 0.478 e. The molecule has 0 atom stereocenters. The van der Waals surface area contributed by atoms with E-state index in [0.29, 0.717) is 32.7 Å². The first-order valence-corrected chi connectivity index (χ1v) is 7.79. The third kappa shape index (κ3) is 2.69. The third-order valence-electron chi connectivity index (χ3n) is 3.33. The first-order valence-electron chi connectivity index (χ1n) is 6.35. The van der Waals surface area contributed by atoms with Crippen LogP contribution in [0.3, 0.4) is 0 Å². The van der Waals surface area contributed by atoms with E-state index < -0.39 is 16.0 Å². The summed E-state index contributed by atoms with van der Waals surface area (Å²) in [7, 11) is -1.94. The molecule has 2 rings (SSSR count). The highest BCUT2D eigenvalue weighted by molar-refractivity contribution is 7.89. The molecule has 112 valence electrons. The molecule has 2 heterocycles. The number of aromatic carboxylic acids is 1. The molecule has 0 radical (unpaired) electrons. The van der Waals surface area contributed by atoms with Crippen LogP contribution in [0, 0.1) is 0 Å². The minimum absolute atomic E-state index is 0.272. The predicted molar refractivity (Wildman–Crippen MR) is 71.1 cm³/mol. The molecular formula is C11H18N4O4S. The molecule has 1 aliphatic heterocycles. The van der Waals surface area contributed by atoms with Crippen LogP contribution in [0.15, 0.2) is 11.2 Å². The average molecular weight is 302 g/mol. The van der Waals surface area contributed by atoms with Gasteiger partial charge in [0.05, 0.1) is 0 Å². The Labute approximate surface area is 117 Å². The number of sulfonamides is 1. The highest BCUT2D eigenvalue weighted by atomic mass is 32.2. The van der Waals surface area contributed by atoms with Crippen molar-refractivity contribution in [2.75, 3.05) is 33.2 Å². The third-order valence-corrected chi connectivity index (χ3v) is 5.16. The Morgan fingerprint density at radius 1 is 1.35 bits per heavy atom. The summed E-state index contributed by atoms with van der Waals surface area (Å²) in [6.07, 6.45) is 1.26. The van der Waals surface area contributed by atoms with Gasteiger partial charge in [0.25, 0.3) is 10.0 Å². The second-order valence-corrected chi connectivity index (χ2v) is 6.57. The second kappa shape index (κ2) is 5.51. The van der Waals surface area contributed by atoms with Gasteiger partial charge in [-0.25, -0.2) is 13.2 Å². The van der Waals surface area contributed by atoms with E-state index >= 15 is 0 Å². The lowest BCUT2D eigenvalue weighted by Gasteiger charge is -2.31. The molecule has 8 nitrogen and oxygen atoms in total. The number of hydrogen-bond donors (Lipinski definition) is 1. The molecule has 1 aromatic heterocycles. The number of piperazine rings is 1. The fourth-order valence-corrected chi connectivity index (χ4v) is 3.57. The molecule has 20 heavy (non-hydrogen) atoms. The molecule has 0 aromatic carbocycles. The lowest BCUT2D eigenvalue weighted by atomic mass is 10.4. The Bertz CT molecular complexity index is 602. The van der Waals surface area contributed by atoms with E-state index in [9.17, 15) is 13.2 Å². The smallest absolute Gasteiger partial charge is 0.340 e. The molecule has 0 aliphatic carbocycles. The van der Waals surface area contributed by atoms with Crippen LogP contribution >= 0.6 is 0 Å². The zero-order valence-electron chi connectivity index (χ0n) is 11.5. The molecule has 0 saturated carbocycles. The number of hydrogen-bond acceptors (Lipinski definition) is 5. The lowest BCUT2D eigenvalue weighted by Crippen LogP contribution is -2.47. The zero-order valence-corrected chi connectivity index (χ0v) is 12.3. The zero-order chi connectivity index (χ0) is 14.9. The Morgan fingerprint density at radius 2 is 1.95 bits per heavy atom. The molecule has 0 unspecified atom stereocenters. The van der Waals surface area contributed by atoms with Crippen molar-refractivity contribution in [3.8, 4) is 0 Å². The monoisotopic (exact) mass is 302 g/mol. The highest BCUT2D eigenvalue weighted by Crippen LogP contribution is 2.20. The van der Waals surface area contributed by atoms with Crippen molar-refractivity contribution < 1.29 is 18.3 Å². The van der Waals surface area contributed by atoms with Crippen molar-refractivity contribution in [1.82, 2.24) is 19.0 Å². The molecule has 0 amide bonds. The van der Waals surface area contributed by atoms with Crippen molar-refractivity contribution in [1.29, 1.82) is 0 Å². The van der Waals surface area contributed by atoms with E-state index in [0.717, 1.165) is 0 Å². The van der Waals surface area contributed by atoms with Crippen LogP contribution in [0.25, 0.3) is 0 Å². The maximum atomic E-state index is 12.5. The summed E-state index contributed by atoms with van der Waals surface area (Å²) in [5.41, 5.74) is -0.272.